The number of rotatable bonds is 5. The number of aliphatic hydroxyl groups is 1. The molecule has 1 aromatic rings. The molecule has 14 heavy (non-hydrogen) atoms. The Balaban J connectivity index is 2.25. The first kappa shape index (κ1) is 10.7. The summed E-state index contributed by atoms with van der Waals surface area (Å²) in [6.45, 7) is 2.56. The lowest BCUT2D eigenvalue weighted by Crippen LogP contribution is -2.08. The molecule has 0 radical (unpaired) electrons. The lowest BCUT2D eigenvalue weighted by Gasteiger charge is -2.06. The summed E-state index contributed by atoms with van der Waals surface area (Å²) in [4.78, 5) is 7.77. The number of nitrogen functional groups attached to an aromatic ring is 1. The summed E-state index contributed by atoms with van der Waals surface area (Å²) in [6.07, 6.45) is 2.87. The van der Waals surface area contributed by atoms with Crippen LogP contribution < -0.4 is 11.1 Å². The predicted octanol–water partition coefficient (Wildman–Crippen LogP) is 0.632. The highest BCUT2D eigenvalue weighted by Gasteiger charge is 1.97. The van der Waals surface area contributed by atoms with E-state index in [1.165, 1.54) is 6.33 Å². The Labute approximate surface area is 83.4 Å². The fourth-order valence-corrected chi connectivity index (χ4v) is 1.08. The van der Waals surface area contributed by atoms with Gasteiger partial charge in [-0.05, 0) is 19.8 Å². The van der Waals surface area contributed by atoms with E-state index in [-0.39, 0.29) is 6.10 Å². The van der Waals surface area contributed by atoms with E-state index in [0.717, 1.165) is 25.2 Å². The standard InChI is InChI=1S/C9H16N4O/c1-7(14)3-2-4-11-9-5-8(10)12-6-13-9/h5-7,14H,2-4H2,1H3,(H3,10,11,12,13). The Bertz CT molecular complexity index is 277. The molecule has 1 heterocycles. The van der Waals surface area contributed by atoms with Gasteiger partial charge >= 0.3 is 0 Å². The second-order valence-corrected chi connectivity index (χ2v) is 3.25. The predicted molar refractivity (Wildman–Crippen MR) is 55.8 cm³/mol. The Kier molecular flexibility index (Phi) is 4.12. The maximum Gasteiger partial charge on any atom is 0.131 e. The molecule has 0 aliphatic heterocycles. The van der Waals surface area contributed by atoms with Crippen LogP contribution in [-0.4, -0.2) is 27.7 Å². The van der Waals surface area contributed by atoms with Gasteiger partial charge in [0.2, 0.25) is 0 Å². The molecule has 5 heteroatoms. The zero-order valence-corrected chi connectivity index (χ0v) is 8.27. The van der Waals surface area contributed by atoms with E-state index in [1.54, 1.807) is 13.0 Å². The van der Waals surface area contributed by atoms with E-state index in [0.29, 0.717) is 5.82 Å². The highest BCUT2D eigenvalue weighted by atomic mass is 16.3. The lowest BCUT2D eigenvalue weighted by molar-refractivity contribution is 0.183. The van der Waals surface area contributed by atoms with Gasteiger partial charge in [-0.3, -0.25) is 0 Å². The highest BCUT2D eigenvalue weighted by Crippen LogP contribution is 2.05. The molecule has 4 N–H and O–H groups in total. The van der Waals surface area contributed by atoms with Gasteiger partial charge in [0.25, 0.3) is 0 Å². The quantitative estimate of drug-likeness (QED) is 0.601. The fourth-order valence-electron chi connectivity index (χ4n) is 1.08. The SMILES string of the molecule is CC(O)CCCNc1cc(N)ncn1. The van der Waals surface area contributed by atoms with Gasteiger partial charge in [0.05, 0.1) is 6.10 Å². The molecule has 0 fully saturated rings. The van der Waals surface area contributed by atoms with Crippen LogP contribution in [0.5, 0.6) is 0 Å². The van der Waals surface area contributed by atoms with Crippen LogP contribution >= 0.6 is 0 Å². The molecular formula is C9H16N4O. The maximum atomic E-state index is 9.02. The molecule has 0 bridgehead atoms. The van der Waals surface area contributed by atoms with Gasteiger partial charge in [-0.2, -0.15) is 0 Å². The molecule has 1 unspecified atom stereocenters. The van der Waals surface area contributed by atoms with Crippen LogP contribution in [0, 0.1) is 0 Å². The number of anilines is 2. The summed E-state index contributed by atoms with van der Waals surface area (Å²) in [6, 6.07) is 1.68. The number of nitrogens with two attached hydrogens (primary N) is 1. The van der Waals surface area contributed by atoms with Crippen molar-refractivity contribution in [3.63, 3.8) is 0 Å². The number of nitrogens with zero attached hydrogens (tertiary/aromatic N) is 2. The number of hydrogen-bond donors (Lipinski definition) is 3. The van der Waals surface area contributed by atoms with Crippen LogP contribution in [0.25, 0.3) is 0 Å². The van der Waals surface area contributed by atoms with Gasteiger partial charge in [-0.15, -0.1) is 0 Å². The lowest BCUT2D eigenvalue weighted by atomic mass is 10.2. The average molecular weight is 196 g/mol. The smallest absolute Gasteiger partial charge is 0.131 e. The van der Waals surface area contributed by atoms with Crippen LogP contribution in [0.1, 0.15) is 19.8 Å². The third kappa shape index (κ3) is 4.04. The van der Waals surface area contributed by atoms with Crippen molar-refractivity contribution in [3.8, 4) is 0 Å². The molecule has 1 aromatic heterocycles. The van der Waals surface area contributed by atoms with Crippen LogP contribution in [0.15, 0.2) is 12.4 Å². The van der Waals surface area contributed by atoms with Gasteiger partial charge in [0.1, 0.15) is 18.0 Å². The van der Waals surface area contributed by atoms with Crippen molar-refractivity contribution in [3.05, 3.63) is 12.4 Å². The van der Waals surface area contributed by atoms with E-state index in [9.17, 15) is 0 Å². The number of aliphatic hydroxyl groups excluding tert-OH is 1. The molecule has 0 aromatic carbocycles. The molecule has 5 nitrogen and oxygen atoms in total. The van der Waals surface area contributed by atoms with E-state index in [1.807, 2.05) is 0 Å². The average Bonchev–Trinajstić information content (AvgIpc) is 2.12. The Morgan fingerprint density at radius 1 is 1.57 bits per heavy atom. The zero-order valence-electron chi connectivity index (χ0n) is 8.27. The van der Waals surface area contributed by atoms with Gasteiger partial charge in [-0.1, -0.05) is 0 Å². The summed E-state index contributed by atoms with van der Waals surface area (Å²) < 4.78 is 0. The van der Waals surface area contributed by atoms with Crippen molar-refractivity contribution >= 4 is 11.6 Å². The van der Waals surface area contributed by atoms with Crippen molar-refractivity contribution < 1.29 is 5.11 Å². The van der Waals surface area contributed by atoms with Crippen LogP contribution in [-0.2, 0) is 0 Å². The maximum absolute atomic E-state index is 9.02. The minimum absolute atomic E-state index is 0.243. The molecule has 0 amide bonds. The van der Waals surface area contributed by atoms with E-state index < -0.39 is 0 Å². The fraction of sp³-hybridized carbons (Fsp3) is 0.556. The summed E-state index contributed by atoms with van der Waals surface area (Å²) >= 11 is 0. The number of nitrogens with one attached hydrogen (secondary N) is 1. The minimum atomic E-state index is -0.243. The summed E-state index contributed by atoms with van der Waals surface area (Å²) in [5.41, 5.74) is 5.48. The van der Waals surface area contributed by atoms with Crippen molar-refractivity contribution in [1.29, 1.82) is 0 Å². The van der Waals surface area contributed by atoms with Crippen molar-refractivity contribution in [1.82, 2.24) is 9.97 Å². The molecule has 78 valence electrons. The molecule has 0 saturated heterocycles. The third-order valence-corrected chi connectivity index (χ3v) is 1.79. The monoisotopic (exact) mass is 196 g/mol. The minimum Gasteiger partial charge on any atom is -0.393 e. The second kappa shape index (κ2) is 5.39. The molecular weight excluding hydrogens is 180 g/mol. The Hall–Kier alpha value is -1.36. The number of aromatic nitrogens is 2. The molecule has 0 saturated carbocycles. The van der Waals surface area contributed by atoms with Crippen LogP contribution in [0.4, 0.5) is 11.6 Å². The summed E-state index contributed by atoms with van der Waals surface area (Å²) in [7, 11) is 0. The molecule has 0 aliphatic rings. The summed E-state index contributed by atoms with van der Waals surface area (Å²) in [5.74, 6) is 1.18. The van der Waals surface area contributed by atoms with Crippen LogP contribution in [0.2, 0.25) is 0 Å². The second-order valence-electron chi connectivity index (χ2n) is 3.25. The van der Waals surface area contributed by atoms with Gasteiger partial charge in [0, 0.05) is 12.6 Å². The van der Waals surface area contributed by atoms with Gasteiger partial charge in [0.15, 0.2) is 0 Å². The van der Waals surface area contributed by atoms with Crippen molar-refractivity contribution in [2.45, 2.75) is 25.9 Å². The number of hydrogen-bond acceptors (Lipinski definition) is 5. The topological polar surface area (TPSA) is 84.1 Å². The normalized spacial score (nSPS) is 12.4. The van der Waals surface area contributed by atoms with E-state index in [4.69, 9.17) is 10.8 Å². The highest BCUT2D eigenvalue weighted by molar-refractivity contribution is 5.42. The first-order valence-corrected chi connectivity index (χ1v) is 4.68. The Morgan fingerprint density at radius 3 is 3.00 bits per heavy atom. The van der Waals surface area contributed by atoms with Gasteiger partial charge in [-0.25, -0.2) is 9.97 Å². The van der Waals surface area contributed by atoms with Gasteiger partial charge < -0.3 is 16.2 Å². The first-order valence-electron chi connectivity index (χ1n) is 4.68. The Morgan fingerprint density at radius 2 is 2.36 bits per heavy atom. The zero-order chi connectivity index (χ0) is 10.4. The molecule has 1 atom stereocenters. The van der Waals surface area contributed by atoms with Crippen molar-refractivity contribution in [2.75, 3.05) is 17.6 Å². The molecule has 0 aliphatic carbocycles. The van der Waals surface area contributed by atoms with E-state index >= 15 is 0 Å². The third-order valence-electron chi connectivity index (χ3n) is 1.79. The molecule has 0 spiro atoms. The largest absolute Gasteiger partial charge is 0.393 e. The first-order chi connectivity index (χ1) is 6.68. The van der Waals surface area contributed by atoms with Crippen molar-refractivity contribution in [2.24, 2.45) is 0 Å². The molecule has 1 rings (SSSR count). The van der Waals surface area contributed by atoms with E-state index in [2.05, 4.69) is 15.3 Å². The summed E-state index contributed by atoms with van der Waals surface area (Å²) in [5, 5.41) is 12.1. The van der Waals surface area contributed by atoms with Crippen LogP contribution in [0.3, 0.4) is 0 Å².